The monoisotopic (exact) mass is 482 g/mol. The van der Waals surface area contributed by atoms with E-state index in [4.69, 9.17) is 9.47 Å². The molecule has 0 bridgehead atoms. The molecule has 3 rings (SSSR count). The van der Waals surface area contributed by atoms with Crippen LogP contribution < -0.4 is 14.8 Å². The van der Waals surface area contributed by atoms with Crippen molar-refractivity contribution in [3.8, 4) is 16.7 Å². The van der Waals surface area contributed by atoms with Gasteiger partial charge >= 0.3 is 0 Å². The van der Waals surface area contributed by atoms with Crippen LogP contribution in [0.1, 0.15) is 55.4 Å². The zero-order valence-electron chi connectivity index (χ0n) is 20.4. The first-order valence-electron chi connectivity index (χ1n) is 11.8. The van der Waals surface area contributed by atoms with Gasteiger partial charge in [-0.1, -0.05) is 32.0 Å². The molecule has 1 amide bonds. The van der Waals surface area contributed by atoms with Gasteiger partial charge in [0.1, 0.15) is 11.5 Å². The summed E-state index contributed by atoms with van der Waals surface area (Å²) in [5.74, 6) is 1.95. The smallest absolute Gasteiger partial charge is 0.298 e. The van der Waals surface area contributed by atoms with Crippen molar-refractivity contribution in [2.75, 3.05) is 26.7 Å². The summed E-state index contributed by atoms with van der Waals surface area (Å²) in [7, 11) is 1.65. The molecule has 0 radical (unpaired) electrons. The molecule has 182 valence electrons. The van der Waals surface area contributed by atoms with Crippen LogP contribution in [-0.4, -0.2) is 53.0 Å². The first kappa shape index (κ1) is 25.6. The number of carbonyl (C=O) groups excluding carboxylic acids is 1. The number of methoxy groups -OCH3 is 1. The Morgan fingerprint density at radius 3 is 2.65 bits per heavy atom. The Balaban J connectivity index is 1.53. The van der Waals surface area contributed by atoms with Gasteiger partial charge in [0, 0.05) is 29.6 Å². The van der Waals surface area contributed by atoms with Crippen LogP contribution in [0.2, 0.25) is 0 Å². The molecule has 34 heavy (non-hydrogen) atoms. The van der Waals surface area contributed by atoms with Crippen molar-refractivity contribution in [3.63, 3.8) is 0 Å². The van der Waals surface area contributed by atoms with E-state index in [0.717, 1.165) is 43.8 Å². The molecule has 1 aromatic heterocycles. The Labute approximate surface area is 206 Å². The van der Waals surface area contributed by atoms with Crippen LogP contribution in [0.25, 0.3) is 0 Å². The average Bonchev–Trinajstić information content (AvgIpc) is 3.28. The molecule has 0 aliphatic heterocycles. The molecule has 0 saturated carbocycles. The van der Waals surface area contributed by atoms with E-state index in [1.54, 1.807) is 19.2 Å². The highest BCUT2D eigenvalue weighted by Gasteiger charge is 2.13. The summed E-state index contributed by atoms with van der Waals surface area (Å²) in [5.41, 5.74) is 1.63. The molecule has 0 aliphatic rings. The van der Waals surface area contributed by atoms with E-state index in [-0.39, 0.29) is 11.9 Å². The molecule has 2 aromatic carbocycles. The standard InChI is InChI=1S/C26H34N4O3S/c1-5-30(6-2)15-9-10-19(3)27-25(31)21-12-8-14-23(18-21)33-26-28-24(29-34-26)17-20-11-7-13-22(16-20)32-4/h7-8,11-14,16,18-19H,5-6,9-10,15,17H2,1-4H3,(H,27,31). The van der Waals surface area contributed by atoms with Gasteiger partial charge < -0.3 is 19.7 Å². The second kappa shape index (κ2) is 13.1. The molecule has 1 heterocycles. The van der Waals surface area contributed by atoms with Gasteiger partial charge in [0.25, 0.3) is 11.1 Å². The van der Waals surface area contributed by atoms with Gasteiger partial charge in [-0.25, -0.2) is 0 Å². The lowest BCUT2D eigenvalue weighted by Crippen LogP contribution is -2.33. The van der Waals surface area contributed by atoms with Gasteiger partial charge in [0.05, 0.1) is 7.11 Å². The third-order valence-corrected chi connectivity index (χ3v) is 6.26. The largest absolute Gasteiger partial charge is 0.497 e. The Bertz CT molecular complexity index is 1050. The maximum atomic E-state index is 12.7. The Morgan fingerprint density at radius 2 is 1.88 bits per heavy atom. The lowest BCUT2D eigenvalue weighted by atomic mass is 10.1. The Morgan fingerprint density at radius 1 is 1.12 bits per heavy atom. The molecule has 0 saturated heterocycles. The normalized spacial score (nSPS) is 11.9. The van der Waals surface area contributed by atoms with Gasteiger partial charge in [-0.3, -0.25) is 4.79 Å². The number of rotatable bonds is 13. The predicted molar refractivity (Wildman–Crippen MR) is 136 cm³/mol. The van der Waals surface area contributed by atoms with Crippen LogP contribution in [0, 0.1) is 0 Å². The number of hydrogen-bond acceptors (Lipinski definition) is 7. The maximum absolute atomic E-state index is 12.7. The fourth-order valence-electron chi connectivity index (χ4n) is 3.66. The number of aromatic nitrogens is 2. The summed E-state index contributed by atoms with van der Waals surface area (Å²) in [6.45, 7) is 9.56. The third kappa shape index (κ3) is 7.81. The minimum absolute atomic E-state index is 0.100. The fraction of sp³-hybridized carbons (Fsp3) is 0.423. The summed E-state index contributed by atoms with van der Waals surface area (Å²) in [6, 6.07) is 15.1. The summed E-state index contributed by atoms with van der Waals surface area (Å²) in [6.07, 6.45) is 2.59. The molecule has 7 nitrogen and oxygen atoms in total. The number of benzene rings is 2. The van der Waals surface area contributed by atoms with E-state index < -0.39 is 0 Å². The van der Waals surface area contributed by atoms with Crippen molar-refractivity contribution in [1.82, 2.24) is 19.6 Å². The summed E-state index contributed by atoms with van der Waals surface area (Å²) >= 11 is 1.19. The Kier molecular flexibility index (Phi) is 9.85. The van der Waals surface area contributed by atoms with Crippen molar-refractivity contribution in [2.45, 2.75) is 46.1 Å². The molecular weight excluding hydrogens is 448 g/mol. The van der Waals surface area contributed by atoms with Crippen molar-refractivity contribution in [3.05, 3.63) is 65.5 Å². The number of hydrogen-bond donors (Lipinski definition) is 1. The second-order valence-electron chi connectivity index (χ2n) is 8.18. The summed E-state index contributed by atoms with van der Waals surface area (Å²) in [5, 5.41) is 3.53. The molecule has 1 unspecified atom stereocenters. The first-order valence-corrected chi connectivity index (χ1v) is 12.5. The van der Waals surface area contributed by atoms with Crippen LogP contribution >= 0.6 is 11.5 Å². The van der Waals surface area contributed by atoms with Crippen molar-refractivity contribution in [1.29, 1.82) is 0 Å². The quantitative estimate of drug-likeness (QED) is 0.362. The highest BCUT2D eigenvalue weighted by atomic mass is 32.1. The zero-order chi connectivity index (χ0) is 24.3. The van der Waals surface area contributed by atoms with Crippen LogP contribution in [-0.2, 0) is 6.42 Å². The van der Waals surface area contributed by atoms with E-state index in [2.05, 4.69) is 33.4 Å². The summed E-state index contributed by atoms with van der Waals surface area (Å²) < 4.78 is 15.6. The highest BCUT2D eigenvalue weighted by Crippen LogP contribution is 2.25. The predicted octanol–water partition coefficient (Wildman–Crippen LogP) is 5.17. The van der Waals surface area contributed by atoms with E-state index in [1.807, 2.05) is 43.3 Å². The number of nitrogens with zero attached hydrogens (tertiary/aromatic N) is 3. The number of carbonyl (C=O) groups is 1. The zero-order valence-corrected chi connectivity index (χ0v) is 21.2. The van der Waals surface area contributed by atoms with Crippen molar-refractivity contribution < 1.29 is 14.3 Å². The maximum Gasteiger partial charge on any atom is 0.298 e. The fourth-order valence-corrected chi connectivity index (χ4v) is 4.23. The minimum atomic E-state index is -0.100. The molecule has 0 spiro atoms. The van der Waals surface area contributed by atoms with E-state index in [0.29, 0.717) is 28.8 Å². The topological polar surface area (TPSA) is 76.6 Å². The van der Waals surface area contributed by atoms with Crippen molar-refractivity contribution >= 4 is 17.4 Å². The molecule has 1 atom stereocenters. The van der Waals surface area contributed by atoms with E-state index in [1.165, 1.54) is 11.5 Å². The molecule has 1 N–H and O–H groups in total. The van der Waals surface area contributed by atoms with E-state index in [9.17, 15) is 4.79 Å². The third-order valence-electron chi connectivity index (χ3n) is 5.63. The first-order chi connectivity index (χ1) is 16.5. The van der Waals surface area contributed by atoms with Crippen LogP contribution in [0.3, 0.4) is 0 Å². The number of ether oxygens (including phenoxy) is 2. The SMILES string of the molecule is CCN(CC)CCCC(C)NC(=O)c1cccc(Oc2nc(Cc3cccc(OC)c3)ns2)c1. The average molecular weight is 483 g/mol. The van der Waals surface area contributed by atoms with Crippen LogP contribution in [0.15, 0.2) is 48.5 Å². The van der Waals surface area contributed by atoms with Crippen molar-refractivity contribution in [2.24, 2.45) is 0 Å². The number of amides is 1. The summed E-state index contributed by atoms with van der Waals surface area (Å²) in [4.78, 5) is 19.6. The highest BCUT2D eigenvalue weighted by molar-refractivity contribution is 7.07. The van der Waals surface area contributed by atoms with Crippen LogP contribution in [0.5, 0.6) is 16.7 Å². The number of nitrogens with one attached hydrogen (secondary N) is 1. The minimum Gasteiger partial charge on any atom is -0.497 e. The van der Waals surface area contributed by atoms with E-state index >= 15 is 0 Å². The van der Waals surface area contributed by atoms with Gasteiger partial charge in [-0.15, -0.1) is 0 Å². The second-order valence-corrected chi connectivity index (χ2v) is 8.89. The molecule has 0 fully saturated rings. The molecular formula is C26H34N4O3S. The van der Waals surface area contributed by atoms with Gasteiger partial charge in [0.2, 0.25) is 0 Å². The Hall–Kier alpha value is -2.97. The van der Waals surface area contributed by atoms with Gasteiger partial charge in [0.15, 0.2) is 5.82 Å². The van der Waals surface area contributed by atoms with Gasteiger partial charge in [-0.05, 0) is 75.3 Å². The lowest BCUT2D eigenvalue weighted by Gasteiger charge is -2.19. The lowest BCUT2D eigenvalue weighted by molar-refractivity contribution is 0.0937. The van der Waals surface area contributed by atoms with Gasteiger partial charge in [-0.2, -0.15) is 9.36 Å². The van der Waals surface area contributed by atoms with Crippen LogP contribution in [0.4, 0.5) is 0 Å². The molecule has 3 aromatic rings. The molecule has 0 aliphatic carbocycles. The molecule has 8 heteroatoms.